The summed E-state index contributed by atoms with van der Waals surface area (Å²) >= 11 is 0. The van der Waals surface area contributed by atoms with Gasteiger partial charge in [0.1, 0.15) is 5.82 Å². The first kappa shape index (κ1) is 24.2. The Bertz CT molecular complexity index is 1340. The number of anilines is 1. The number of hydrogen-bond donors (Lipinski definition) is 0. The molecule has 0 unspecified atom stereocenters. The normalized spacial score (nSPS) is 11.3. The number of carbonyl (C=O) groups is 2. The summed E-state index contributed by atoms with van der Waals surface area (Å²) in [5, 5.41) is 0. The Kier molecular flexibility index (Phi) is 6.73. The van der Waals surface area contributed by atoms with Gasteiger partial charge in [0.15, 0.2) is 6.61 Å². The van der Waals surface area contributed by atoms with Crippen LogP contribution in [0.15, 0.2) is 48.5 Å². The molecule has 0 N–H and O–H groups in total. The molecule has 0 aliphatic carbocycles. The summed E-state index contributed by atoms with van der Waals surface area (Å²) in [7, 11) is -2.27. The molecule has 0 atom stereocenters. The maximum absolute atomic E-state index is 14.0. The van der Waals surface area contributed by atoms with Crippen molar-refractivity contribution in [3.05, 3.63) is 82.4 Å². The van der Waals surface area contributed by atoms with Crippen LogP contribution >= 0.6 is 0 Å². The van der Waals surface area contributed by atoms with Gasteiger partial charge < -0.3 is 9.30 Å². The quantitative estimate of drug-likeness (QED) is 0.384. The number of Topliss-reactive ketones (excluding diaryl/α,β-unsaturated/α-hetero) is 1. The molecule has 9 heteroatoms. The molecule has 3 rings (SSSR count). The lowest BCUT2D eigenvalue weighted by Crippen LogP contribution is -2.27. The minimum absolute atomic E-state index is 0.0267. The number of hydrogen-bond acceptors (Lipinski definition) is 5. The zero-order valence-electron chi connectivity index (χ0n) is 19.0. The van der Waals surface area contributed by atoms with Crippen LogP contribution in [0.5, 0.6) is 0 Å². The molecule has 1 aromatic heterocycles. The van der Waals surface area contributed by atoms with E-state index in [2.05, 4.69) is 0 Å². The number of para-hydroxylation sites is 1. The fraction of sp³-hybridized carbons (Fsp3) is 0.250. The van der Waals surface area contributed by atoms with Crippen LogP contribution in [0.2, 0.25) is 0 Å². The Balaban J connectivity index is 1.82. The molecule has 0 radical (unpaired) electrons. The van der Waals surface area contributed by atoms with Crippen LogP contribution in [0.1, 0.15) is 37.7 Å². The van der Waals surface area contributed by atoms with Gasteiger partial charge in [-0.15, -0.1) is 0 Å². The second-order valence-corrected chi connectivity index (χ2v) is 9.81. The number of benzene rings is 2. The molecule has 0 aliphatic heterocycles. The lowest BCUT2D eigenvalue weighted by molar-refractivity contribution is 0.0475. The lowest BCUT2D eigenvalue weighted by atomic mass is 10.1. The van der Waals surface area contributed by atoms with E-state index >= 15 is 0 Å². The van der Waals surface area contributed by atoms with Crippen molar-refractivity contribution in [2.75, 3.05) is 24.2 Å². The number of aromatic nitrogens is 1. The standard InChI is InChI=1S/C24H25FN2O5S/c1-15-10-11-18(13-21(15)25)27-16(2)12-20(17(27)3)23(28)14-32-24(29)19-8-6-7-9-22(19)26(4)33(5,30)31/h6-13H,14H2,1-5H3. The van der Waals surface area contributed by atoms with Gasteiger partial charge in [-0.2, -0.15) is 0 Å². The van der Waals surface area contributed by atoms with E-state index in [9.17, 15) is 22.4 Å². The Morgan fingerprint density at radius 1 is 1.03 bits per heavy atom. The van der Waals surface area contributed by atoms with Crippen molar-refractivity contribution in [2.45, 2.75) is 20.8 Å². The Morgan fingerprint density at radius 3 is 2.33 bits per heavy atom. The molecule has 7 nitrogen and oxygen atoms in total. The molecule has 3 aromatic rings. The molecule has 0 amide bonds. The third-order valence-electron chi connectivity index (χ3n) is 5.44. The smallest absolute Gasteiger partial charge is 0.340 e. The summed E-state index contributed by atoms with van der Waals surface area (Å²) in [6.45, 7) is 4.67. The zero-order chi connectivity index (χ0) is 24.5. The molecule has 0 bridgehead atoms. The van der Waals surface area contributed by atoms with Gasteiger partial charge in [-0.25, -0.2) is 17.6 Å². The first-order valence-corrected chi connectivity index (χ1v) is 12.0. The van der Waals surface area contributed by atoms with Gasteiger partial charge in [-0.3, -0.25) is 9.10 Å². The highest BCUT2D eigenvalue weighted by Gasteiger charge is 2.23. The van der Waals surface area contributed by atoms with Crippen LogP contribution < -0.4 is 4.31 Å². The fourth-order valence-corrected chi connectivity index (χ4v) is 4.07. The molecule has 174 valence electrons. The average molecular weight is 473 g/mol. The van der Waals surface area contributed by atoms with E-state index < -0.39 is 28.4 Å². The van der Waals surface area contributed by atoms with Crippen LogP contribution in [-0.2, 0) is 14.8 Å². The number of sulfonamides is 1. The largest absolute Gasteiger partial charge is 0.454 e. The van der Waals surface area contributed by atoms with Gasteiger partial charge in [0.05, 0.1) is 17.5 Å². The Labute approximate surface area is 192 Å². The molecule has 0 saturated heterocycles. The number of esters is 1. The molecule has 33 heavy (non-hydrogen) atoms. The highest BCUT2D eigenvalue weighted by Crippen LogP contribution is 2.24. The molecular formula is C24H25FN2O5S. The third kappa shape index (κ3) is 4.98. The van der Waals surface area contributed by atoms with E-state index in [0.717, 1.165) is 16.3 Å². The van der Waals surface area contributed by atoms with Crippen molar-refractivity contribution in [2.24, 2.45) is 0 Å². The summed E-state index contributed by atoms with van der Waals surface area (Å²) in [6, 6.07) is 12.6. The molecule has 0 saturated carbocycles. The van der Waals surface area contributed by atoms with Crippen molar-refractivity contribution >= 4 is 27.5 Å². The first-order chi connectivity index (χ1) is 15.4. The van der Waals surface area contributed by atoms with Gasteiger partial charge in [-0.05, 0) is 56.7 Å². The molecule has 0 aliphatic rings. The van der Waals surface area contributed by atoms with E-state index in [1.807, 2.05) is 0 Å². The molecule has 2 aromatic carbocycles. The highest BCUT2D eigenvalue weighted by atomic mass is 32.2. The second kappa shape index (κ2) is 9.19. The van der Waals surface area contributed by atoms with Crippen molar-refractivity contribution in [1.29, 1.82) is 0 Å². The number of aryl methyl sites for hydroxylation is 2. The van der Waals surface area contributed by atoms with Crippen LogP contribution in [0.3, 0.4) is 0 Å². The van der Waals surface area contributed by atoms with Gasteiger partial charge in [0.25, 0.3) is 0 Å². The summed E-state index contributed by atoms with van der Waals surface area (Å²) in [5.41, 5.74) is 2.95. The van der Waals surface area contributed by atoms with Crippen LogP contribution in [0.25, 0.3) is 5.69 Å². The number of rotatable bonds is 7. The topological polar surface area (TPSA) is 85.7 Å². The van der Waals surface area contributed by atoms with E-state index in [0.29, 0.717) is 22.5 Å². The molecular weight excluding hydrogens is 447 g/mol. The molecule has 1 heterocycles. The second-order valence-electron chi connectivity index (χ2n) is 7.80. The summed E-state index contributed by atoms with van der Waals surface area (Å²) in [5.74, 6) is -1.59. The maximum Gasteiger partial charge on any atom is 0.340 e. The Hall–Kier alpha value is -3.46. The van der Waals surface area contributed by atoms with Gasteiger partial charge in [-0.1, -0.05) is 18.2 Å². The monoisotopic (exact) mass is 472 g/mol. The number of ketones is 1. The lowest BCUT2D eigenvalue weighted by Gasteiger charge is -2.19. The van der Waals surface area contributed by atoms with Crippen LogP contribution in [0.4, 0.5) is 10.1 Å². The number of halogens is 1. The van der Waals surface area contributed by atoms with E-state index in [1.165, 1.54) is 25.2 Å². The first-order valence-electron chi connectivity index (χ1n) is 10.1. The summed E-state index contributed by atoms with van der Waals surface area (Å²) < 4.78 is 45.8. The number of carbonyl (C=O) groups excluding carboxylic acids is 2. The predicted octanol–water partition coefficient (Wildman–Crippen LogP) is 3.98. The van der Waals surface area contributed by atoms with Gasteiger partial charge in [0, 0.05) is 29.7 Å². The van der Waals surface area contributed by atoms with Crippen molar-refractivity contribution in [3.8, 4) is 5.69 Å². The third-order valence-corrected chi connectivity index (χ3v) is 6.63. The molecule has 0 spiro atoms. The summed E-state index contributed by atoms with van der Waals surface area (Å²) in [4.78, 5) is 25.5. The van der Waals surface area contributed by atoms with Crippen molar-refractivity contribution < 1.29 is 27.1 Å². The van der Waals surface area contributed by atoms with E-state index in [4.69, 9.17) is 4.74 Å². The average Bonchev–Trinajstić information content (AvgIpc) is 3.06. The maximum atomic E-state index is 14.0. The van der Waals surface area contributed by atoms with Crippen molar-refractivity contribution in [1.82, 2.24) is 4.57 Å². The SMILES string of the molecule is Cc1ccc(-n2c(C)cc(C(=O)COC(=O)c3ccccc3N(C)S(C)(=O)=O)c2C)cc1F. The minimum atomic E-state index is -3.60. The highest BCUT2D eigenvalue weighted by molar-refractivity contribution is 7.92. The molecule has 0 fully saturated rings. The van der Waals surface area contributed by atoms with Crippen LogP contribution in [0, 0.1) is 26.6 Å². The predicted molar refractivity (Wildman–Crippen MR) is 124 cm³/mol. The van der Waals surface area contributed by atoms with E-state index in [-0.39, 0.29) is 17.1 Å². The van der Waals surface area contributed by atoms with Crippen LogP contribution in [-0.4, -0.2) is 44.6 Å². The zero-order valence-corrected chi connectivity index (χ0v) is 19.9. The van der Waals surface area contributed by atoms with Gasteiger partial charge in [0.2, 0.25) is 15.8 Å². The summed E-state index contributed by atoms with van der Waals surface area (Å²) in [6.07, 6.45) is 1.02. The minimum Gasteiger partial charge on any atom is -0.454 e. The number of nitrogens with zero attached hydrogens (tertiary/aromatic N) is 2. The Morgan fingerprint density at radius 2 is 1.70 bits per heavy atom. The van der Waals surface area contributed by atoms with Gasteiger partial charge >= 0.3 is 5.97 Å². The fourth-order valence-electron chi connectivity index (χ4n) is 3.55. The van der Waals surface area contributed by atoms with Crippen molar-refractivity contribution in [3.63, 3.8) is 0 Å². The van der Waals surface area contributed by atoms with E-state index in [1.54, 1.807) is 55.7 Å². The number of ether oxygens (including phenoxy) is 1.